The van der Waals surface area contributed by atoms with Crippen molar-refractivity contribution in [2.45, 2.75) is 19.5 Å². The van der Waals surface area contributed by atoms with E-state index in [1.807, 2.05) is 0 Å². The van der Waals surface area contributed by atoms with E-state index in [4.69, 9.17) is 0 Å². The number of rotatable bonds is 4. The summed E-state index contributed by atoms with van der Waals surface area (Å²) in [6.07, 6.45) is 0. The summed E-state index contributed by atoms with van der Waals surface area (Å²) in [4.78, 5) is 36.3. The highest BCUT2D eigenvalue weighted by molar-refractivity contribution is 5.76. The number of likely N-dealkylation sites (N-methyl/N-ethyl adjacent to an activating group) is 1. The highest BCUT2D eigenvalue weighted by Crippen LogP contribution is 2.21. The molecule has 0 radical (unpaired) electrons. The second kappa shape index (κ2) is 6.55. The number of nitrogens with one attached hydrogen (secondary N) is 1. The first kappa shape index (κ1) is 16.6. The molecular weight excluding hydrogens is 308 g/mol. The molecular formula is C15H15F2N3O3. The summed E-state index contributed by atoms with van der Waals surface area (Å²) < 4.78 is 27.1. The molecule has 2 rings (SSSR count). The van der Waals surface area contributed by atoms with Crippen LogP contribution in [-0.4, -0.2) is 27.6 Å². The standard InChI is InChI=1S/C15H15F2N3O3/c1-9(10-3-4-11(16)12(17)7-10)19(2)15(23)8-20-14(22)6-5-13(21)18-20/h3-7,9H,8H2,1-2H3,(H,18,21)/t9-/m0/s1. The van der Waals surface area contributed by atoms with Crippen molar-refractivity contribution in [3.8, 4) is 0 Å². The number of amides is 1. The van der Waals surface area contributed by atoms with Crippen molar-refractivity contribution in [1.29, 1.82) is 0 Å². The molecule has 0 unspecified atom stereocenters. The van der Waals surface area contributed by atoms with Gasteiger partial charge in [-0.2, -0.15) is 0 Å². The van der Waals surface area contributed by atoms with Crippen molar-refractivity contribution in [1.82, 2.24) is 14.7 Å². The number of aromatic nitrogens is 2. The molecule has 23 heavy (non-hydrogen) atoms. The molecule has 0 saturated carbocycles. The van der Waals surface area contributed by atoms with Gasteiger partial charge < -0.3 is 4.90 Å². The number of carbonyl (C=O) groups excluding carboxylic acids is 1. The van der Waals surface area contributed by atoms with E-state index in [2.05, 4.69) is 5.10 Å². The van der Waals surface area contributed by atoms with Crippen LogP contribution in [0, 0.1) is 11.6 Å². The predicted octanol–water partition coefficient (Wildman–Crippen LogP) is 1.03. The van der Waals surface area contributed by atoms with Crippen molar-refractivity contribution in [3.05, 3.63) is 68.2 Å². The Bertz CT molecular complexity index is 844. The molecule has 1 atom stereocenters. The number of hydrogen-bond acceptors (Lipinski definition) is 3. The maximum Gasteiger partial charge on any atom is 0.265 e. The average molecular weight is 323 g/mol. The van der Waals surface area contributed by atoms with E-state index in [0.29, 0.717) is 5.56 Å². The van der Waals surface area contributed by atoms with E-state index in [0.717, 1.165) is 28.9 Å². The van der Waals surface area contributed by atoms with Crippen LogP contribution in [0.3, 0.4) is 0 Å². The van der Waals surface area contributed by atoms with Gasteiger partial charge in [0.2, 0.25) is 5.91 Å². The topological polar surface area (TPSA) is 75.2 Å². The lowest BCUT2D eigenvalue weighted by Gasteiger charge is -2.25. The van der Waals surface area contributed by atoms with Crippen LogP contribution in [0.4, 0.5) is 8.78 Å². The Hall–Kier alpha value is -2.77. The maximum absolute atomic E-state index is 13.3. The highest BCUT2D eigenvalue weighted by Gasteiger charge is 2.19. The first-order valence-corrected chi connectivity index (χ1v) is 6.80. The Morgan fingerprint density at radius 3 is 2.57 bits per heavy atom. The summed E-state index contributed by atoms with van der Waals surface area (Å²) in [6.45, 7) is 1.28. The normalized spacial score (nSPS) is 12.0. The fourth-order valence-electron chi connectivity index (χ4n) is 2.04. The highest BCUT2D eigenvalue weighted by atomic mass is 19.2. The molecule has 6 nitrogen and oxygen atoms in total. The molecule has 0 spiro atoms. The second-order valence-corrected chi connectivity index (χ2v) is 5.09. The van der Waals surface area contributed by atoms with E-state index in [1.54, 1.807) is 6.92 Å². The first-order chi connectivity index (χ1) is 10.8. The number of aromatic amines is 1. The van der Waals surface area contributed by atoms with Crippen LogP contribution in [0.1, 0.15) is 18.5 Å². The summed E-state index contributed by atoms with van der Waals surface area (Å²) in [5.74, 6) is -2.44. The molecule has 1 aromatic carbocycles. The van der Waals surface area contributed by atoms with Crippen LogP contribution in [-0.2, 0) is 11.3 Å². The fraction of sp³-hybridized carbons (Fsp3) is 0.267. The summed E-state index contributed by atoms with van der Waals surface area (Å²) in [7, 11) is 1.47. The molecule has 1 amide bonds. The Morgan fingerprint density at radius 1 is 1.22 bits per heavy atom. The molecule has 0 bridgehead atoms. The smallest absolute Gasteiger partial charge is 0.265 e. The van der Waals surface area contributed by atoms with Gasteiger partial charge in [-0.1, -0.05) is 6.07 Å². The zero-order chi connectivity index (χ0) is 17.1. The van der Waals surface area contributed by atoms with Gasteiger partial charge in [-0.15, -0.1) is 0 Å². The van der Waals surface area contributed by atoms with Crippen molar-refractivity contribution in [2.75, 3.05) is 7.05 Å². The van der Waals surface area contributed by atoms with Crippen molar-refractivity contribution in [2.24, 2.45) is 0 Å². The van der Waals surface area contributed by atoms with Gasteiger partial charge in [-0.25, -0.2) is 13.5 Å². The quantitative estimate of drug-likeness (QED) is 0.913. The lowest BCUT2D eigenvalue weighted by atomic mass is 10.1. The summed E-state index contributed by atoms with van der Waals surface area (Å²) >= 11 is 0. The molecule has 1 heterocycles. The predicted molar refractivity (Wildman–Crippen MR) is 78.9 cm³/mol. The monoisotopic (exact) mass is 323 g/mol. The number of hydrogen-bond donors (Lipinski definition) is 1. The van der Waals surface area contributed by atoms with E-state index in [9.17, 15) is 23.2 Å². The zero-order valence-electron chi connectivity index (χ0n) is 12.5. The van der Waals surface area contributed by atoms with Crippen LogP contribution < -0.4 is 11.1 Å². The third-order valence-electron chi connectivity index (χ3n) is 3.58. The molecule has 0 saturated heterocycles. The molecule has 8 heteroatoms. The van der Waals surface area contributed by atoms with Crippen LogP contribution >= 0.6 is 0 Å². The number of H-pyrrole nitrogens is 1. The lowest BCUT2D eigenvalue weighted by molar-refractivity contribution is -0.132. The van der Waals surface area contributed by atoms with Gasteiger partial charge >= 0.3 is 0 Å². The minimum absolute atomic E-state index is 0.362. The van der Waals surface area contributed by atoms with E-state index >= 15 is 0 Å². The molecule has 1 N–H and O–H groups in total. The number of nitrogens with zero attached hydrogens (tertiary/aromatic N) is 2. The lowest BCUT2D eigenvalue weighted by Crippen LogP contribution is -2.38. The minimum atomic E-state index is -1.00. The zero-order valence-corrected chi connectivity index (χ0v) is 12.5. The maximum atomic E-state index is 13.3. The average Bonchev–Trinajstić information content (AvgIpc) is 2.52. The van der Waals surface area contributed by atoms with Crippen molar-refractivity contribution < 1.29 is 13.6 Å². The Balaban J connectivity index is 2.18. The number of benzene rings is 1. The molecule has 0 aliphatic heterocycles. The molecule has 0 fully saturated rings. The van der Waals surface area contributed by atoms with Crippen LogP contribution in [0.15, 0.2) is 39.9 Å². The molecule has 0 aliphatic rings. The van der Waals surface area contributed by atoms with E-state index in [-0.39, 0.29) is 6.54 Å². The second-order valence-electron chi connectivity index (χ2n) is 5.09. The van der Waals surface area contributed by atoms with Gasteiger partial charge in [-0.05, 0) is 24.6 Å². The van der Waals surface area contributed by atoms with Gasteiger partial charge in [0.05, 0.1) is 6.04 Å². The Kier molecular flexibility index (Phi) is 4.73. The Morgan fingerprint density at radius 2 is 1.91 bits per heavy atom. The van der Waals surface area contributed by atoms with Crippen LogP contribution in [0.2, 0.25) is 0 Å². The van der Waals surface area contributed by atoms with Gasteiger partial charge in [0, 0.05) is 19.2 Å². The minimum Gasteiger partial charge on any atom is -0.337 e. The molecule has 0 aliphatic carbocycles. The third kappa shape index (κ3) is 3.71. The van der Waals surface area contributed by atoms with E-state index in [1.165, 1.54) is 18.0 Å². The Labute approximate surface area is 130 Å². The van der Waals surface area contributed by atoms with Gasteiger partial charge in [-0.3, -0.25) is 19.5 Å². The number of carbonyl (C=O) groups is 1. The summed E-state index contributed by atoms with van der Waals surface area (Å²) in [6, 6.07) is 4.97. The fourth-order valence-corrected chi connectivity index (χ4v) is 2.04. The number of halogens is 2. The van der Waals surface area contributed by atoms with Crippen molar-refractivity contribution in [3.63, 3.8) is 0 Å². The summed E-state index contributed by atoms with van der Waals surface area (Å²) in [5.41, 5.74) is -0.616. The van der Waals surface area contributed by atoms with Gasteiger partial charge in [0.15, 0.2) is 11.6 Å². The third-order valence-corrected chi connectivity index (χ3v) is 3.58. The van der Waals surface area contributed by atoms with Gasteiger partial charge in [0.25, 0.3) is 11.1 Å². The van der Waals surface area contributed by atoms with Crippen molar-refractivity contribution >= 4 is 5.91 Å². The SMILES string of the molecule is C[C@@H](c1ccc(F)c(F)c1)N(C)C(=O)Cn1[nH]c(=O)ccc1=O. The first-order valence-electron chi connectivity index (χ1n) is 6.80. The van der Waals surface area contributed by atoms with Crippen LogP contribution in [0.25, 0.3) is 0 Å². The molecule has 2 aromatic rings. The largest absolute Gasteiger partial charge is 0.337 e. The molecule has 122 valence electrons. The molecule has 1 aromatic heterocycles. The van der Waals surface area contributed by atoms with E-state index < -0.39 is 34.7 Å². The summed E-state index contributed by atoms with van der Waals surface area (Å²) in [5, 5.41) is 2.25. The van der Waals surface area contributed by atoms with Crippen LogP contribution in [0.5, 0.6) is 0 Å². The van der Waals surface area contributed by atoms with Gasteiger partial charge in [0.1, 0.15) is 6.54 Å².